The van der Waals surface area contributed by atoms with Gasteiger partial charge in [-0.2, -0.15) is 5.10 Å². The normalized spacial score (nSPS) is 12.6. The third-order valence-electron chi connectivity index (χ3n) is 3.76. The number of nitrogens with one attached hydrogen (secondary N) is 1. The molecule has 20 heavy (non-hydrogen) atoms. The molecule has 3 nitrogen and oxygen atoms in total. The fraction of sp³-hybridized carbons (Fsp3) is 0.471. The zero-order valence-electron chi connectivity index (χ0n) is 12.8. The van der Waals surface area contributed by atoms with Crippen molar-refractivity contribution in [2.45, 2.75) is 39.7 Å². The fourth-order valence-corrected chi connectivity index (χ4v) is 2.62. The van der Waals surface area contributed by atoms with Gasteiger partial charge in [0.2, 0.25) is 0 Å². The maximum absolute atomic E-state index is 4.38. The van der Waals surface area contributed by atoms with Gasteiger partial charge in [-0.25, -0.2) is 0 Å². The first kappa shape index (κ1) is 14.8. The molecule has 3 heteroatoms. The summed E-state index contributed by atoms with van der Waals surface area (Å²) in [4.78, 5) is 0. The lowest BCUT2D eigenvalue weighted by Gasteiger charge is -2.19. The van der Waals surface area contributed by atoms with Gasteiger partial charge in [0.25, 0.3) is 0 Å². The quantitative estimate of drug-likeness (QED) is 0.838. The first-order valence-electron chi connectivity index (χ1n) is 7.52. The monoisotopic (exact) mass is 271 g/mol. The van der Waals surface area contributed by atoms with Gasteiger partial charge < -0.3 is 5.32 Å². The van der Waals surface area contributed by atoms with Crippen LogP contribution >= 0.6 is 0 Å². The summed E-state index contributed by atoms with van der Waals surface area (Å²) < 4.78 is 2.00. The molecule has 1 unspecified atom stereocenters. The van der Waals surface area contributed by atoms with Gasteiger partial charge in [0, 0.05) is 25.2 Å². The topological polar surface area (TPSA) is 29.9 Å². The number of hydrogen-bond acceptors (Lipinski definition) is 2. The first-order valence-corrected chi connectivity index (χ1v) is 7.52. The van der Waals surface area contributed by atoms with Crippen molar-refractivity contribution < 1.29 is 0 Å². The molecular formula is C17H25N3. The largest absolute Gasteiger partial charge is 0.316 e. The first-order chi connectivity index (χ1) is 9.74. The summed E-state index contributed by atoms with van der Waals surface area (Å²) in [5.74, 6) is 0.505. The van der Waals surface area contributed by atoms with E-state index in [2.05, 4.69) is 61.6 Å². The molecule has 1 atom stereocenters. The zero-order chi connectivity index (χ0) is 14.4. The van der Waals surface area contributed by atoms with Crippen LogP contribution in [0.3, 0.4) is 0 Å². The highest BCUT2D eigenvalue weighted by atomic mass is 15.3. The molecule has 0 saturated carbocycles. The average Bonchev–Trinajstić information content (AvgIpc) is 2.92. The Morgan fingerprint density at radius 2 is 2.05 bits per heavy atom. The van der Waals surface area contributed by atoms with Crippen LogP contribution in [-0.2, 0) is 13.0 Å². The van der Waals surface area contributed by atoms with E-state index in [0.29, 0.717) is 5.92 Å². The molecule has 2 rings (SSSR count). The van der Waals surface area contributed by atoms with Crippen molar-refractivity contribution >= 4 is 0 Å². The summed E-state index contributed by atoms with van der Waals surface area (Å²) in [5, 5.41) is 7.87. The molecule has 1 heterocycles. The van der Waals surface area contributed by atoms with Crippen molar-refractivity contribution in [1.82, 2.24) is 15.1 Å². The van der Waals surface area contributed by atoms with Crippen LogP contribution in [0.15, 0.2) is 36.7 Å². The van der Waals surface area contributed by atoms with Crippen LogP contribution in [0, 0.1) is 6.92 Å². The van der Waals surface area contributed by atoms with Crippen LogP contribution in [0.1, 0.15) is 36.5 Å². The van der Waals surface area contributed by atoms with E-state index in [1.165, 1.54) is 16.7 Å². The number of aromatic nitrogens is 2. The molecule has 0 fully saturated rings. The van der Waals surface area contributed by atoms with Gasteiger partial charge in [0.15, 0.2) is 0 Å². The lowest BCUT2D eigenvalue weighted by molar-refractivity contribution is 0.591. The Bertz CT molecular complexity index is 531. The molecule has 1 aromatic heterocycles. The number of rotatable bonds is 7. The molecular weight excluding hydrogens is 246 g/mol. The Kier molecular flexibility index (Phi) is 5.36. The van der Waals surface area contributed by atoms with E-state index in [4.69, 9.17) is 0 Å². The molecule has 0 aliphatic heterocycles. The van der Waals surface area contributed by atoms with Crippen LogP contribution in [0.2, 0.25) is 0 Å². The molecule has 1 aromatic carbocycles. The van der Waals surface area contributed by atoms with E-state index in [0.717, 1.165) is 26.1 Å². The Labute approximate surface area is 122 Å². The molecule has 2 aromatic rings. The van der Waals surface area contributed by atoms with Crippen molar-refractivity contribution in [1.29, 1.82) is 0 Å². The SMILES string of the molecule is CCNCC(Cc1cnn(CC)c1)c1ccccc1C. The van der Waals surface area contributed by atoms with E-state index in [9.17, 15) is 0 Å². The molecule has 0 spiro atoms. The summed E-state index contributed by atoms with van der Waals surface area (Å²) in [5.41, 5.74) is 4.13. The second-order valence-electron chi connectivity index (χ2n) is 5.27. The van der Waals surface area contributed by atoms with E-state index in [-0.39, 0.29) is 0 Å². The van der Waals surface area contributed by atoms with Crippen LogP contribution in [0.5, 0.6) is 0 Å². The third-order valence-corrected chi connectivity index (χ3v) is 3.76. The van der Waals surface area contributed by atoms with Gasteiger partial charge in [0.1, 0.15) is 0 Å². The Morgan fingerprint density at radius 3 is 2.70 bits per heavy atom. The minimum atomic E-state index is 0.505. The smallest absolute Gasteiger partial charge is 0.0521 e. The maximum Gasteiger partial charge on any atom is 0.0521 e. The predicted octanol–water partition coefficient (Wildman–Crippen LogP) is 3.15. The Hall–Kier alpha value is -1.61. The van der Waals surface area contributed by atoms with E-state index < -0.39 is 0 Å². The van der Waals surface area contributed by atoms with Crippen molar-refractivity contribution in [2.24, 2.45) is 0 Å². The summed E-state index contributed by atoms with van der Waals surface area (Å²) in [6, 6.07) is 8.69. The highest BCUT2D eigenvalue weighted by Gasteiger charge is 2.14. The molecule has 0 bridgehead atoms. The van der Waals surface area contributed by atoms with E-state index in [1.54, 1.807) is 0 Å². The van der Waals surface area contributed by atoms with Gasteiger partial charge in [0.05, 0.1) is 6.20 Å². The maximum atomic E-state index is 4.38. The summed E-state index contributed by atoms with van der Waals surface area (Å²) in [6.45, 7) is 9.43. The van der Waals surface area contributed by atoms with Gasteiger partial charge >= 0.3 is 0 Å². The molecule has 1 N–H and O–H groups in total. The van der Waals surface area contributed by atoms with Crippen LogP contribution < -0.4 is 5.32 Å². The summed E-state index contributed by atoms with van der Waals surface area (Å²) >= 11 is 0. The van der Waals surface area contributed by atoms with E-state index in [1.807, 2.05) is 10.9 Å². The Balaban J connectivity index is 2.17. The van der Waals surface area contributed by atoms with Gasteiger partial charge in [-0.05, 0) is 43.5 Å². The lowest BCUT2D eigenvalue weighted by Crippen LogP contribution is -2.23. The van der Waals surface area contributed by atoms with E-state index >= 15 is 0 Å². The number of hydrogen-bond donors (Lipinski definition) is 1. The molecule has 0 aliphatic carbocycles. The van der Waals surface area contributed by atoms with Gasteiger partial charge in [-0.3, -0.25) is 4.68 Å². The standard InChI is InChI=1S/C17H25N3/c1-4-18-12-16(17-9-7-6-8-14(17)3)10-15-11-19-20(5-2)13-15/h6-9,11,13,16,18H,4-5,10,12H2,1-3H3. The van der Waals surface area contributed by atoms with Crippen molar-refractivity contribution in [3.8, 4) is 0 Å². The molecule has 0 radical (unpaired) electrons. The Morgan fingerprint density at radius 1 is 1.25 bits per heavy atom. The van der Waals surface area contributed by atoms with Crippen molar-refractivity contribution in [3.63, 3.8) is 0 Å². The van der Waals surface area contributed by atoms with Crippen LogP contribution in [-0.4, -0.2) is 22.9 Å². The number of aryl methyl sites for hydroxylation is 2. The highest BCUT2D eigenvalue weighted by molar-refractivity contribution is 5.31. The molecule has 0 saturated heterocycles. The average molecular weight is 271 g/mol. The highest BCUT2D eigenvalue weighted by Crippen LogP contribution is 2.23. The van der Waals surface area contributed by atoms with Crippen LogP contribution in [0.4, 0.5) is 0 Å². The number of nitrogens with zero attached hydrogens (tertiary/aromatic N) is 2. The summed E-state index contributed by atoms with van der Waals surface area (Å²) in [7, 11) is 0. The van der Waals surface area contributed by atoms with Gasteiger partial charge in [-0.1, -0.05) is 31.2 Å². The third kappa shape index (κ3) is 3.70. The second kappa shape index (κ2) is 7.25. The lowest BCUT2D eigenvalue weighted by atomic mass is 9.90. The summed E-state index contributed by atoms with van der Waals surface area (Å²) in [6.07, 6.45) is 5.20. The van der Waals surface area contributed by atoms with Crippen molar-refractivity contribution in [3.05, 3.63) is 53.3 Å². The molecule has 0 amide bonds. The second-order valence-corrected chi connectivity index (χ2v) is 5.27. The minimum absolute atomic E-state index is 0.505. The fourth-order valence-electron chi connectivity index (χ4n) is 2.62. The predicted molar refractivity (Wildman–Crippen MR) is 84.1 cm³/mol. The molecule has 0 aliphatic rings. The minimum Gasteiger partial charge on any atom is -0.316 e. The van der Waals surface area contributed by atoms with Crippen molar-refractivity contribution in [2.75, 3.05) is 13.1 Å². The molecule has 108 valence electrons. The zero-order valence-corrected chi connectivity index (χ0v) is 12.8. The number of likely N-dealkylation sites (N-methyl/N-ethyl adjacent to an activating group) is 1. The van der Waals surface area contributed by atoms with Gasteiger partial charge in [-0.15, -0.1) is 0 Å². The number of benzene rings is 1. The van der Waals surface area contributed by atoms with Crippen LogP contribution in [0.25, 0.3) is 0 Å².